The summed E-state index contributed by atoms with van der Waals surface area (Å²) in [6.07, 6.45) is 0.847. The van der Waals surface area contributed by atoms with Crippen LogP contribution >= 0.6 is 11.6 Å². The Bertz CT molecular complexity index is 1340. The molecule has 5 rings (SSSR count). The minimum atomic E-state index is -0.164. The molecule has 0 saturated carbocycles. The molecule has 0 spiro atoms. The molecule has 3 heterocycles. The van der Waals surface area contributed by atoms with E-state index in [9.17, 15) is 4.79 Å². The highest BCUT2D eigenvalue weighted by molar-refractivity contribution is 6.33. The first-order valence-electron chi connectivity index (χ1n) is 10.8. The third kappa shape index (κ3) is 3.67. The van der Waals surface area contributed by atoms with Gasteiger partial charge in [-0.1, -0.05) is 74.8 Å². The van der Waals surface area contributed by atoms with Crippen molar-refractivity contribution in [3.63, 3.8) is 0 Å². The second-order valence-electron chi connectivity index (χ2n) is 9.30. The van der Waals surface area contributed by atoms with Crippen molar-refractivity contribution in [2.75, 3.05) is 6.54 Å². The van der Waals surface area contributed by atoms with Crippen LogP contribution in [0.3, 0.4) is 0 Å². The summed E-state index contributed by atoms with van der Waals surface area (Å²) in [5.41, 5.74) is 5.84. The van der Waals surface area contributed by atoms with Crippen molar-refractivity contribution in [1.82, 2.24) is 19.5 Å². The van der Waals surface area contributed by atoms with Gasteiger partial charge in [0.05, 0.1) is 11.4 Å². The van der Waals surface area contributed by atoms with Gasteiger partial charge in [0.2, 0.25) is 0 Å². The van der Waals surface area contributed by atoms with Crippen LogP contribution in [-0.4, -0.2) is 31.9 Å². The van der Waals surface area contributed by atoms with Gasteiger partial charge in [0.25, 0.3) is 5.91 Å². The zero-order valence-corrected chi connectivity index (χ0v) is 19.2. The molecule has 2 aromatic heterocycles. The molecule has 1 amide bonds. The van der Waals surface area contributed by atoms with Gasteiger partial charge in [-0.3, -0.25) is 4.79 Å². The zero-order chi connectivity index (χ0) is 22.5. The lowest BCUT2D eigenvalue weighted by Gasteiger charge is -2.29. The number of halogens is 1. The lowest BCUT2D eigenvalue weighted by molar-refractivity contribution is 0.0725. The normalized spacial score (nSPS) is 13.9. The van der Waals surface area contributed by atoms with Crippen LogP contribution in [0.5, 0.6) is 0 Å². The third-order valence-corrected chi connectivity index (χ3v) is 6.31. The molecule has 0 fully saturated rings. The van der Waals surface area contributed by atoms with Gasteiger partial charge in [0.15, 0.2) is 5.65 Å². The maximum Gasteiger partial charge on any atom is 0.272 e. The first-order chi connectivity index (χ1) is 15.3. The van der Waals surface area contributed by atoms with E-state index in [4.69, 9.17) is 21.7 Å². The monoisotopic (exact) mass is 444 g/mol. The van der Waals surface area contributed by atoms with Gasteiger partial charge in [-0.25, -0.2) is 9.50 Å². The van der Waals surface area contributed by atoms with Crippen molar-refractivity contribution < 1.29 is 4.79 Å². The zero-order valence-electron chi connectivity index (χ0n) is 18.5. The Kier molecular flexibility index (Phi) is 5.01. The summed E-state index contributed by atoms with van der Waals surface area (Å²) in [4.78, 5) is 20.5. The Balaban J connectivity index is 1.64. The molecule has 0 aliphatic carbocycles. The van der Waals surface area contributed by atoms with E-state index in [2.05, 4.69) is 39.0 Å². The van der Waals surface area contributed by atoms with E-state index in [-0.39, 0.29) is 11.3 Å². The number of hydrogen-bond acceptors (Lipinski definition) is 3. The predicted octanol–water partition coefficient (Wildman–Crippen LogP) is 5.55. The van der Waals surface area contributed by atoms with Crippen LogP contribution in [0, 0.1) is 0 Å². The van der Waals surface area contributed by atoms with Gasteiger partial charge in [-0.05, 0) is 29.7 Å². The number of carbonyl (C=O) groups excluding carboxylic acids is 1. The van der Waals surface area contributed by atoms with Crippen molar-refractivity contribution in [1.29, 1.82) is 0 Å². The van der Waals surface area contributed by atoms with E-state index in [1.807, 2.05) is 47.4 Å². The van der Waals surface area contributed by atoms with Crippen molar-refractivity contribution >= 4 is 23.2 Å². The molecule has 1 aliphatic heterocycles. The number of aromatic nitrogens is 3. The average molecular weight is 445 g/mol. The maximum absolute atomic E-state index is 13.8. The highest BCUT2D eigenvalue weighted by Crippen LogP contribution is 2.30. The van der Waals surface area contributed by atoms with Crippen molar-refractivity contribution in [3.8, 4) is 11.3 Å². The van der Waals surface area contributed by atoms with Crippen LogP contribution in [-0.2, 0) is 18.4 Å². The Labute approximate surface area is 192 Å². The van der Waals surface area contributed by atoms with Crippen molar-refractivity contribution in [2.45, 2.75) is 39.2 Å². The number of nitrogens with zero attached hydrogens (tertiary/aromatic N) is 4. The maximum atomic E-state index is 13.8. The second-order valence-corrected chi connectivity index (χ2v) is 9.71. The fourth-order valence-corrected chi connectivity index (χ4v) is 4.36. The summed E-state index contributed by atoms with van der Waals surface area (Å²) in [6.45, 7) is 7.58. The Morgan fingerprint density at radius 3 is 2.47 bits per heavy atom. The van der Waals surface area contributed by atoms with E-state index in [0.29, 0.717) is 35.1 Å². The molecule has 32 heavy (non-hydrogen) atoms. The van der Waals surface area contributed by atoms with Crippen LogP contribution in [0.15, 0.2) is 60.7 Å². The average Bonchev–Trinajstić information content (AvgIpc) is 3.23. The van der Waals surface area contributed by atoms with E-state index >= 15 is 0 Å². The number of rotatable bonds is 2. The van der Waals surface area contributed by atoms with E-state index in [1.165, 1.54) is 11.1 Å². The molecule has 6 heteroatoms. The fourth-order valence-electron chi connectivity index (χ4n) is 4.13. The summed E-state index contributed by atoms with van der Waals surface area (Å²) in [6, 6.07) is 19.7. The number of fused-ring (bicyclic) bond motifs is 2. The number of amides is 1. The summed E-state index contributed by atoms with van der Waals surface area (Å²) < 4.78 is 1.68. The first-order valence-corrected chi connectivity index (χ1v) is 11.2. The molecule has 0 saturated heterocycles. The van der Waals surface area contributed by atoms with Gasteiger partial charge in [0.1, 0.15) is 5.69 Å². The van der Waals surface area contributed by atoms with Gasteiger partial charge in [0, 0.05) is 35.2 Å². The van der Waals surface area contributed by atoms with Crippen molar-refractivity contribution in [2.24, 2.45) is 0 Å². The summed E-state index contributed by atoms with van der Waals surface area (Å²) >= 11 is 6.47. The summed E-state index contributed by atoms with van der Waals surface area (Å²) in [5.74, 6) is -0.0521. The molecule has 0 atom stereocenters. The van der Waals surface area contributed by atoms with Crippen LogP contribution in [0.4, 0.5) is 0 Å². The van der Waals surface area contributed by atoms with Gasteiger partial charge in [-0.15, -0.1) is 0 Å². The Hall–Kier alpha value is -3.18. The lowest BCUT2D eigenvalue weighted by atomic mass is 9.93. The minimum Gasteiger partial charge on any atom is -0.333 e. The molecule has 0 unspecified atom stereocenters. The Morgan fingerprint density at radius 1 is 1.00 bits per heavy atom. The standard InChI is InChI=1S/C26H25ClN4O/c1-26(2,3)23-15-24-28-21(19-10-6-7-11-20(19)27)14-22(31(24)29-23)25(32)30-13-12-17-8-4-5-9-18(17)16-30/h4-11,14-15H,12-13,16H2,1-3H3. The predicted molar refractivity (Wildman–Crippen MR) is 127 cm³/mol. The number of benzene rings is 2. The molecule has 0 N–H and O–H groups in total. The van der Waals surface area contributed by atoms with Gasteiger partial charge < -0.3 is 4.90 Å². The molecular formula is C26H25ClN4O. The number of hydrogen-bond donors (Lipinski definition) is 0. The quantitative estimate of drug-likeness (QED) is 0.407. The first kappa shape index (κ1) is 20.7. The molecule has 0 radical (unpaired) electrons. The third-order valence-electron chi connectivity index (χ3n) is 5.98. The molecule has 4 aromatic rings. The van der Waals surface area contributed by atoms with Gasteiger partial charge in [-0.2, -0.15) is 5.10 Å². The number of carbonyl (C=O) groups is 1. The van der Waals surface area contributed by atoms with E-state index in [0.717, 1.165) is 17.7 Å². The molecule has 1 aliphatic rings. The SMILES string of the molecule is CC(C)(C)c1cc2nc(-c3ccccc3Cl)cc(C(=O)N3CCc4ccccc4C3)n2n1. The highest BCUT2D eigenvalue weighted by Gasteiger charge is 2.27. The molecule has 0 bridgehead atoms. The smallest absolute Gasteiger partial charge is 0.272 e. The van der Waals surface area contributed by atoms with Crippen LogP contribution in [0.25, 0.3) is 16.9 Å². The van der Waals surface area contributed by atoms with Crippen molar-refractivity contribution in [3.05, 3.63) is 88.2 Å². The highest BCUT2D eigenvalue weighted by atomic mass is 35.5. The molecule has 2 aromatic carbocycles. The molecule has 5 nitrogen and oxygen atoms in total. The minimum absolute atomic E-state index is 0.0521. The lowest BCUT2D eigenvalue weighted by Crippen LogP contribution is -2.37. The van der Waals surface area contributed by atoms with Crippen LogP contribution < -0.4 is 0 Å². The van der Waals surface area contributed by atoms with E-state index in [1.54, 1.807) is 4.52 Å². The van der Waals surface area contributed by atoms with E-state index < -0.39 is 0 Å². The second kappa shape index (κ2) is 7.75. The largest absolute Gasteiger partial charge is 0.333 e. The van der Waals surface area contributed by atoms with Gasteiger partial charge >= 0.3 is 0 Å². The van der Waals surface area contributed by atoms with Crippen LogP contribution in [0.1, 0.15) is 48.1 Å². The fraction of sp³-hybridized carbons (Fsp3) is 0.269. The Morgan fingerprint density at radius 2 is 1.72 bits per heavy atom. The molecular weight excluding hydrogens is 420 g/mol. The molecule has 162 valence electrons. The summed E-state index contributed by atoms with van der Waals surface area (Å²) in [5, 5.41) is 5.38. The summed E-state index contributed by atoms with van der Waals surface area (Å²) in [7, 11) is 0. The van der Waals surface area contributed by atoms with Crippen LogP contribution in [0.2, 0.25) is 5.02 Å². The topological polar surface area (TPSA) is 50.5 Å².